The Morgan fingerprint density at radius 2 is 1.50 bits per heavy atom. The first-order valence-electron chi connectivity index (χ1n) is 10.6. The number of hydrogen-bond donors (Lipinski definition) is 0. The first-order chi connectivity index (χ1) is 13.1. The number of ether oxygens (including phenoxy) is 1. The average molecular weight is 397 g/mol. The third-order valence-electron chi connectivity index (χ3n) is 5.96. The lowest BCUT2D eigenvalue weighted by Crippen LogP contribution is -2.19. The minimum Gasteiger partial charge on any atom is -0.496 e. The smallest absolute Gasteiger partial charge is 0.126 e. The monoisotopic (exact) mass is 396 g/mol. The van der Waals surface area contributed by atoms with Gasteiger partial charge in [0.1, 0.15) is 5.75 Å². The molecule has 1 aliphatic rings. The van der Waals surface area contributed by atoms with Gasteiger partial charge in [-0.15, -0.1) is 14.8 Å². The largest absolute Gasteiger partial charge is 0.496 e. The van der Waals surface area contributed by atoms with Gasteiger partial charge in [-0.05, 0) is 77.1 Å². The van der Waals surface area contributed by atoms with Gasteiger partial charge in [-0.2, -0.15) is 0 Å². The second-order valence-electron chi connectivity index (χ2n) is 10.2. The Kier molecular flexibility index (Phi) is 5.88. The molecule has 1 heterocycles. The van der Waals surface area contributed by atoms with Crippen molar-refractivity contribution in [2.75, 3.05) is 7.11 Å². The Balaban J connectivity index is 2.30. The molecule has 0 aliphatic heterocycles. The van der Waals surface area contributed by atoms with Crippen molar-refractivity contribution in [3.63, 3.8) is 0 Å². The molecule has 0 saturated carbocycles. The van der Waals surface area contributed by atoms with Crippen molar-refractivity contribution in [1.82, 2.24) is 0 Å². The Morgan fingerprint density at radius 1 is 0.964 bits per heavy atom. The Hall–Kier alpha value is -1.46. The molecule has 0 fully saturated rings. The second kappa shape index (κ2) is 7.75. The fourth-order valence-corrected chi connectivity index (χ4v) is 6.18. The van der Waals surface area contributed by atoms with Gasteiger partial charge in [0.05, 0.1) is 7.11 Å². The van der Waals surface area contributed by atoms with Crippen LogP contribution in [0.25, 0.3) is 10.9 Å². The van der Waals surface area contributed by atoms with Gasteiger partial charge in [0.25, 0.3) is 0 Å². The summed E-state index contributed by atoms with van der Waals surface area (Å²) in [6.45, 7) is 17.8. The van der Waals surface area contributed by atoms with Crippen molar-refractivity contribution in [3.8, 4) is 16.6 Å². The number of allylic oxidation sites excluding steroid dienone is 1. The molecule has 1 aromatic carbocycles. The summed E-state index contributed by atoms with van der Waals surface area (Å²) < 4.78 is 5.98. The van der Waals surface area contributed by atoms with Crippen LogP contribution in [-0.4, -0.2) is 7.11 Å². The first-order valence-corrected chi connectivity index (χ1v) is 11.6. The Morgan fingerprint density at radius 3 is 1.96 bits per heavy atom. The lowest BCUT2D eigenvalue weighted by atomic mass is 9.77. The molecule has 1 nitrogen and oxygen atoms in total. The summed E-state index contributed by atoms with van der Waals surface area (Å²) in [5, 5.41) is 3.22. The van der Waals surface area contributed by atoms with Crippen LogP contribution in [0, 0.1) is 0 Å². The molecule has 3 rings (SSSR count). The number of rotatable bonds is 4. The predicted octanol–water partition coefficient (Wildman–Crippen LogP) is 7.60. The van der Waals surface area contributed by atoms with Crippen LogP contribution in [0.15, 0.2) is 24.8 Å². The van der Waals surface area contributed by atoms with Crippen LogP contribution in [0.3, 0.4) is 0 Å². The highest BCUT2D eigenvalue weighted by Gasteiger charge is 2.29. The molecule has 0 bridgehead atoms. The van der Waals surface area contributed by atoms with Gasteiger partial charge in [0.2, 0.25) is 0 Å². The summed E-state index contributed by atoms with van der Waals surface area (Å²) in [7, 11) is 2.61. The number of benzene rings is 1. The van der Waals surface area contributed by atoms with Crippen molar-refractivity contribution in [2.24, 2.45) is 0 Å². The molecule has 0 saturated heterocycles. The van der Waals surface area contributed by atoms with E-state index in [4.69, 9.17) is 4.74 Å². The fraction of sp³-hybridized carbons (Fsp3) is 0.538. The lowest BCUT2D eigenvalue weighted by molar-refractivity contribution is 0.381. The van der Waals surface area contributed by atoms with E-state index in [1.165, 1.54) is 42.4 Å². The van der Waals surface area contributed by atoms with Gasteiger partial charge in [0, 0.05) is 16.4 Å². The summed E-state index contributed by atoms with van der Waals surface area (Å²) in [6.07, 6.45) is 8.27. The average Bonchev–Trinajstić information content (AvgIpc) is 2.98. The summed E-state index contributed by atoms with van der Waals surface area (Å²) in [5.41, 5.74) is 7.45. The molecule has 28 heavy (non-hydrogen) atoms. The van der Waals surface area contributed by atoms with Crippen LogP contribution in [0.2, 0.25) is 0 Å². The van der Waals surface area contributed by atoms with Gasteiger partial charge < -0.3 is 4.74 Å². The minimum atomic E-state index is 0.0427. The predicted molar refractivity (Wildman–Crippen MR) is 126 cm³/mol. The Bertz CT molecular complexity index is 836. The summed E-state index contributed by atoms with van der Waals surface area (Å²) in [6, 6.07) is 4.85. The van der Waals surface area contributed by atoms with Crippen LogP contribution >= 0.6 is 8.19 Å². The molecule has 0 radical (unpaired) electrons. The SMILES string of the molecule is C=CCc1[pH]c(-c2cc(C(C)(C)C)c(OC)c(C(C)(C)C)c2)c2c1CCCC2. The van der Waals surface area contributed by atoms with Gasteiger partial charge in [-0.1, -0.05) is 47.6 Å². The lowest BCUT2D eigenvalue weighted by Gasteiger charge is -2.30. The third-order valence-corrected chi connectivity index (χ3v) is 7.60. The quantitative estimate of drug-likeness (QED) is 0.484. The standard InChI is InChI=1S/C26H37OP/c1-9-12-22-18-13-10-11-14-19(18)24(28-22)17-15-20(25(2,3)4)23(27-8)21(16-17)26(5,6)7/h9,15-16,28H,1,10-14H2,2-8H3. The highest BCUT2D eigenvalue weighted by Crippen LogP contribution is 2.48. The zero-order valence-electron chi connectivity index (χ0n) is 18.9. The topological polar surface area (TPSA) is 9.23 Å². The van der Waals surface area contributed by atoms with Crippen LogP contribution in [-0.2, 0) is 30.1 Å². The van der Waals surface area contributed by atoms with E-state index >= 15 is 0 Å². The summed E-state index contributed by atoms with van der Waals surface area (Å²) >= 11 is 0. The molecule has 152 valence electrons. The maximum absolute atomic E-state index is 5.98. The van der Waals surface area contributed by atoms with Gasteiger partial charge in [0.15, 0.2) is 0 Å². The molecule has 2 heteroatoms. The maximum atomic E-state index is 5.98. The molecule has 1 unspecified atom stereocenters. The molecule has 1 aromatic heterocycles. The maximum Gasteiger partial charge on any atom is 0.126 e. The van der Waals surface area contributed by atoms with Gasteiger partial charge >= 0.3 is 0 Å². The Labute approximate surface area is 173 Å². The molecular weight excluding hydrogens is 359 g/mol. The van der Waals surface area contributed by atoms with Crippen LogP contribution < -0.4 is 4.74 Å². The summed E-state index contributed by atoms with van der Waals surface area (Å²) in [5.74, 6) is 1.07. The molecule has 1 atom stereocenters. The number of hydrogen-bond acceptors (Lipinski definition) is 1. The van der Waals surface area contributed by atoms with Crippen molar-refractivity contribution in [1.29, 1.82) is 0 Å². The second-order valence-corrected chi connectivity index (χ2v) is 11.6. The van der Waals surface area contributed by atoms with E-state index in [9.17, 15) is 0 Å². The van der Waals surface area contributed by atoms with E-state index in [0.717, 1.165) is 20.4 Å². The number of fused-ring (bicyclic) bond motifs is 1. The van der Waals surface area contributed by atoms with Crippen LogP contribution in [0.5, 0.6) is 5.75 Å². The molecule has 1 aliphatic carbocycles. The van der Waals surface area contributed by atoms with E-state index in [1.807, 2.05) is 7.11 Å². The van der Waals surface area contributed by atoms with Crippen molar-refractivity contribution >= 4 is 8.19 Å². The zero-order valence-corrected chi connectivity index (χ0v) is 19.9. The normalized spacial score (nSPS) is 15.0. The summed E-state index contributed by atoms with van der Waals surface area (Å²) in [4.78, 5) is 0. The van der Waals surface area contributed by atoms with Crippen molar-refractivity contribution < 1.29 is 4.74 Å². The van der Waals surface area contributed by atoms with Crippen molar-refractivity contribution in [2.45, 2.75) is 84.5 Å². The fourth-order valence-electron chi connectivity index (χ4n) is 4.49. The van der Waals surface area contributed by atoms with Gasteiger partial charge in [-0.3, -0.25) is 0 Å². The molecule has 0 amide bonds. The molecular formula is C26H37OP. The van der Waals surface area contributed by atoms with Crippen LogP contribution in [0.4, 0.5) is 0 Å². The zero-order chi connectivity index (χ0) is 20.7. The van der Waals surface area contributed by atoms with E-state index in [0.29, 0.717) is 0 Å². The first kappa shape index (κ1) is 21.3. The van der Waals surface area contributed by atoms with E-state index < -0.39 is 0 Å². The van der Waals surface area contributed by atoms with Crippen molar-refractivity contribution in [3.05, 3.63) is 52.3 Å². The minimum absolute atomic E-state index is 0.0427. The number of methoxy groups -OCH3 is 1. The molecule has 0 N–H and O–H groups in total. The van der Waals surface area contributed by atoms with Crippen LogP contribution in [0.1, 0.15) is 81.9 Å². The third kappa shape index (κ3) is 3.97. The van der Waals surface area contributed by atoms with E-state index in [-0.39, 0.29) is 10.8 Å². The molecule has 2 aromatic rings. The highest BCUT2D eigenvalue weighted by molar-refractivity contribution is 7.35. The van der Waals surface area contributed by atoms with E-state index in [1.54, 1.807) is 21.7 Å². The van der Waals surface area contributed by atoms with E-state index in [2.05, 4.69) is 66.3 Å². The highest BCUT2D eigenvalue weighted by atomic mass is 31.0. The van der Waals surface area contributed by atoms with Gasteiger partial charge in [-0.25, -0.2) is 0 Å². The molecule has 0 spiro atoms.